The van der Waals surface area contributed by atoms with Crippen LogP contribution in [0.1, 0.15) is 0 Å². The average molecular weight is 272 g/mol. The second-order valence-corrected chi connectivity index (χ2v) is 4.88. The van der Waals surface area contributed by atoms with Gasteiger partial charge in [-0.2, -0.15) is 13.2 Å². The van der Waals surface area contributed by atoms with Gasteiger partial charge in [0, 0.05) is 13.1 Å². The van der Waals surface area contributed by atoms with Gasteiger partial charge in [-0.3, -0.25) is 0 Å². The quantitative estimate of drug-likeness (QED) is 0.315. The maximum atomic E-state index is 10.7. The van der Waals surface area contributed by atoms with Crippen molar-refractivity contribution in [3.05, 3.63) is 0 Å². The summed E-state index contributed by atoms with van der Waals surface area (Å²) in [7, 11) is 2.26. The minimum Gasteiger partial charge on any atom is -0.741 e. The van der Waals surface area contributed by atoms with E-state index >= 15 is 0 Å². The summed E-state index contributed by atoms with van der Waals surface area (Å²) in [5.74, 6) is 0. The van der Waals surface area contributed by atoms with Gasteiger partial charge in [-0.25, -0.2) is 8.42 Å². The van der Waals surface area contributed by atoms with Crippen LogP contribution in [0.5, 0.6) is 0 Å². The van der Waals surface area contributed by atoms with Crippen molar-refractivity contribution in [1.29, 1.82) is 0 Å². The maximum Gasteiger partial charge on any atom is 1.00 e. The van der Waals surface area contributed by atoms with Crippen LogP contribution in [0, 0.1) is 0 Å². The van der Waals surface area contributed by atoms with E-state index in [1.54, 1.807) is 0 Å². The molecule has 5 nitrogen and oxygen atoms in total. The average Bonchev–Trinajstić information content (AvgIpc) is 1.98. The molecule has 17 heavy (non-hydrogen) atoms. The van der Waals surface area contributed by atoms with Gasteiger partial charge >= 0.3 is 24.4 Å². The molecular formula is C7H16F3LiN2O3S. The summed E-state index contributed by atoms with van der Waals surface area (Å²) in [6, 6.07) is 0. The van der Waals surface area contributed by atoms with Crippen molar-refractivity contribution in [2.24, 2.45) is 0 Å². The molecule has 0 rings (SSSR count). The van der Waals surface area contributed by atoms with Crippen LogP contribution in [0.4, 0.5) is 13.2 Å². The normalized spacial score (nSPS) is 11.9. The zero-order chi connectivity index (χ0) is 13.6. The fraction of sp³-hybridized carbons (Fsp3) is 1.00. The third-order valence-electron chi connectivity index (χ3n) is 1.28. The van der Waals surface area contributed by atoms with E-state index in [9.17, 15) is 13.2 Å². The molecule has 0 aromatic carbocycles. The van der Waals surface area contributed by atoms with Gasteiger partial charge in [0.05, 0.1) is 0 Å². The predicted octanol–water partition coefficient (Wildman–Crippen LogP) is -2.83. The predicted molar refractivity (Wildman–Crippen MR) is 52.9 cm³/mol. The molecule has 0 saturated heterocycles. The summed E-state index contributed by atoms with van der Waals surface area (Å²) in [4.78, 5) is 4.36. The number of likely N-dealkylation sites (N-methyl/N-ethyl adjacent to an activating group) is 2. The van der Waals surface area contributed by atoms with Gasteiger partial charge in [0.15, 0.2) is 10.1 Å². The van der Waals surface area contributed by atoms with Crippen LogP contribution in [-0.2, 0) is 10.1 Å². The largest absolute Gasteiger partial charge is 1.00 e. The smallest absolute Gasteiger partial charge is 0.741 e. The molecule has 10 heteroatoms. The van der Waals surface area contributed by atoms with Crippen molar-refractivity contribution in [2.45, 2.75) is 5.51 Å². The summed E-state index contributed by atoms with van der Waals surface area (Å²) < 4.78 is 58.9. The Balaban J connectivity index is -0.000000218. The zero-order valence-electron chi connectivity index (χ0n) is 10.6. The van der Waals surface area contributed by atoms with Crippen molar-refractivity contribution in [3.8, 4) is 0 Å². The summed E-state index contributed by atoms with van der Waals surface area (Å²) in [6.45, 7) is 2.29. The summed E-state index contributed by atoms with van der Waals surface area (Å²) >= 11 is 0. The van der Waals surface area contributed by atoms with Gasteiger partial charge < -0.3 is 14.4 Å². The van der Waals surface area contributed by atoms with E-state index in [0.29, 0.717) is 0 Å². The molecule has 0 amide bonds. The van der Waals surface area contributed by atoms with Crippen LogP contribution in [-0.4, -0.2) is 69.6 Å². The Morgan fingerprint density at radius 2 is 1.18 bits per heavy atom. The molecule has 0 aromatic rings. The minimum absolute atomic E-state index is 0. The molecule has 0 heterocycles. The van der Waals surface area contributed by atoms with E-state index in [4.69, 9.17) is 13.0 Å². The zero-order valence-corrected chi connectivity index (χ0v) is 11.4. The van der Waals surface area contributed by atoms with Crippen LogP contribution in [0.15, 0.2) is 0 Å². The molecule has 0 bridgehead atoms. The number of nitrogens with zero attached hydrogens (tertiary/aromatic N) is 2. The fourth-order valence-electron chi connectivity index (χ4n) is 0.400. The molecule has 0 aromatic heterocycles. The van der Waals surface area contributed by atoms with Crippen LogP contribution in [0.3, 0.4) is 0 Å². The van der Waals surface area contributed by atoms with Crippen molar-refractivity contribution in [3.63, 3.8) is 0 Å². The number of hydrogen-bond acceptors (Lipinski definition) is 5. The fourth-order valence-corrected chi connectivity index (χ4v) is 0.400. The third-order valence-corrected chi connectivity index (χ3v) is 1.84. The molecule has 0 N–H and O–H groups in total. The Labute approximate surface area is 112 Å². The van der Waals surface area contributed by atoms with Crippen molar-refractivity contribution < 1.29 is 45.0 Å². The first-order chi connectivity index (χ1) is 6.88. The number of rotatable bonds is 3. The Bertz CT molecular complexity index is 273. The van der Waals surface area contributed by atoms with E-state index in [2.05, 4.69) is 38.0 Å². The standard InChI is InChI=1S/C6H16N2.CHF3O3S.Li/c1-7(2)5-6-8(3)4;2-1(3,4)8(5,6)7;/h5-6H2,1-4H3;(H,5,6,7);/q;;+1/p-1. The topological polar surface area (TPSA) is 63.7 Å². The summed E-state index contributed by atoms with van der Waals surface area (Å²) in [6.07, 6.45) is 0. The van der Waals surface area contributed by atoms with Gasteiger partial charge in [0.1, 0.15) is 0 Å². The second kappa shape index (κ2) is 9.19. The molecule has 0 aliphatic rings. The minimum atomic E-state index is -6.09. The van der Waals surface area contributed by atoms with Crippen LogP contribution >= 0.6 is 0 Å². The van der Waals surface area contributed by atoms with E-state index in [1.807, 2.05) is 0 Å². The van der Waals surface area contributed by atoms with Gasteiger partial charge in [0.2, 0.25) is 0 Å². The molecule has 0 aliphatic heterocycles. The van der Waals surface area contributed by atoms with E-state index in [1.165, 1.54) is 0 Å². The van der Waals surface area contributed by atoms with Crippen LogP contribution < -0.4 is 18.9 Å². The number of halogens is 3. The Morgan fingerprint density at radius 1 is 1.00 bits per heavy atom. The molecule has 0 saturated carbocycles. The first-order valence-corrected chi connectivity index (χ1v) is 5.60. The van der Waals surface area contributed by atoms with E-state index in [0.717, 1.165) is 13.1 Å². The Morgan fingerprint density at radius 3 is 1.24 bits per heavy atom. The molecule has 0 spiro atoms. The summed E-state index contributed by atoms with van der Waals surface area (Å²) in [5, 5.41) is 0. The summed E-state index contributed by atoms with van der Waals surface area (Å²) in [5.41, 5.74) is -5.65. The maximum absolute atomic E-state index is 10.7. The third kappa shape index (κ3) is 16.2. The molecule has 100 valence electrons. The van der Waals surface area contributed by atoms with Crippen molar-refractivity contribution in [1.82, 2.24) is 9.80 Å². The molecule has 0 unspecified atom stereocenters. The van der Waals surface area contributed by atoms with E-state index < -0.39 is 15.6 Å². The first kappa shape index (κ1) is 22.4. The number of hydrogen-bond donors (Lipinski definition) is 0. The van der Waals surface area contributed by atoms with Crippen molar-refractivity contribution in [2.75, 3.05) is 41.3 Å². The van der Waals surface area contributed by atoms with E-state index in [-0.39, 0.29) is 18.9 Å². The molecule has 0 radical (unpaired) electrons. The Hall–Kier alpha value is 0.217. The van der Waals surface area contributed by atoms with Gasteiger partial charge in [-0.1, -0.05) is 0 Å². The Kier molecular flexibility index (Phi) is 12.1. The second-order valence-electron chi connectivity index (χ2n) is 3.51. The monoisotopic (exact) mass is 272 g/mol. The van der Waals surface area contributed by atoms with Gasteiger partial charge in [-0.15, -0.1) is 0 Å². The SMILES string of the molecule is CN(C)CCN(C)C.O=S(=O)([O-])C(F)(F)F.[Li+]. The molecule has 0 fully saturated rings. The van der Waals surface area contributed by atoms with Gasteiger partial charge in [0.25, 0.3) is 0 Å². The molecule has 0 aliphatic carbocycles. The van der Waals surface area contributed by atoms with Crippen LogP contribution in [0.25, 0.3) is 0 Å². The molecule has 0 atom stereocenters. The van der Waals surface area contributed by atoms with Crippen molar-refractivity contribution >= 4 is 10.1 Å². The molecular weight excluding hydrogens is 256 g/mol. The van der Waals surface area contributed by atoms with Crippen LogP contribution in [0.2, 0.25) is 0 Å². The van der Waals surface area contributed by atoms with Gasteiger partial charge in [-0.05, 0) is 28.2 Å². The first-order valence-electron chi connectivity index (χ1n) is 4.19. The number of alkyl halides is 3.